The van der Waals surface area contributed by atoms with Gasteiger partial charge in [-0.2, -0.15) is 0 Å². The first-order chi connectivity index (χ1) is 14.0. The van der Waals surface area contributed by atoms with E-state index in [4.69, 9.17) is 4.99 Å². The topological polar surface area (TPSA) is 48.7 Å². The van der Waals surface area contributed by atoms with Gasteiger partial charge in [-0.25, -0.2) is 4.98 Å². The van der Waals surface area contributed by atoms with Crippen LogP contribution in [0.2, 0.25) is 0 Å². The monoisotopic (exact) mass is 403 g/mol. The summed E-state index contributed by atoms with van der Waals surface area (Å²) in [6.45, 7) is 6.26. The van der Waals surface area contributed by atoms with Gasteiger partial charge in [0.15, 0.2) is 0 Å². The van der Waals surface area contributed by atoms with Crippen molar-refractivity contribution >= 4 is 36.6 Å². The molecule has 0 saturated carbocycles. The second-order valence-electron chi connectivity index (χ2n) is 7.64. The molecule has 0 atom stereocenters. The molecule has 148 valence electrons. The summed E-state index contributed by atoms with van der Waals surface area (Å²) in [5.74, 6) is 0.190. The van der Waals surface area contributed by atoms with Gasteiger partial charge in [0.05, 0.1) is 17.1 Å². The number of fused-ring (bicyclic) bond motifs is 1. The highest BCUT2D eigenvalue weighted by atomic mass is 31.0. The summed E-state index contributed by atoms with van der Waals surface area (Å²) in [5.41, 5.74) is 6.60. The van der Waals surface area contributed by atoms with Crippen molar-refractivity contribution in [2.24, 2.45) is 4.99 Å². The van der Waals surface area contributed by atoms with E-state index in [9.17, 15) is 5.11 Å². The van der Waals surface area contributed by atoms with Gasteiger partial charge in [0.25, 0.3) is 0 Å². The molecule has 3 aromatic rings. The summed E-state index contributed by atoms with van der Waals surface area (Å²) in [6, 6.07) is 15.7. The number of nitrogens with zero attached hydrogens (tertiary/aromatic N) is 3. The van der Waals surface area contributed by atoms with Crippen LogP contribution in [0.1, 0.15) is 43.0 Å². The van der Waals surface area contributed by atoms with E-state index < -0.39 is 0 Å². The number of aliphatic imine (C=N–C) groups is 1. The Bertz CT molecular complexity index is 1100. The minimum absolute atomic E-state index is 0.190. The van der Waals surface area contributed by atoms with Gasteiger partial charge in [0.1, 0.15) is 11.3 Å². The Balaban J connectivity index is 1.60. The van der Waals surface area contributed by atoms with Crippen molar-refractivity contribution in [2.45, 2.75) is 33.1 Å². The fraction of sp³-hybridized carbons (Fsp3) is 0.292. The van der Waals surface area contributed by atoms with Crippen LogP contribution in [0.5, 0.6) is 5.75 Å². The molecule has 1 fully saturated rings. The molecule has 5 heteroatoms. The lowest BCUT2D eigenvalue weighted by Gasteiger charge is -2.28. The number of hydrogen-bond donors (Lipinski definition) is 1. The van der Waals surface area contributed by atoms with Crippen molar-refractivity contribution in [3.05, 3.63) is 65.4 Å². The maximum Gasteiger partial charge on any atom is 0.141 e. The zero-order valence-electron chi connectivity index (χ0n) is 16.9. The number of aromatic nitrogens is 1. The van der Waals surface area contributed by atoms with Crippen LogP contribution >= 0.6 is 8.86 Å². The molecular weight excluding hydrogens is 377 g/mol. The van der Waals surface area contributed by atoms with E-state index in [-0.39, 0.29) is 5.75 Å². The molecule has 4 rings (SSSR count). The Hall–Kier alpha value is -2.55. The van der Waals surface area contributed by atoms with Gasteiger partial charge in [-0.15, -0.1) is 8.86 Å². The molecule has 0 amide bonds. The van der Waals surface area contributed by atoms with E-state index in [0.717, 1.165) is 46.5 Å². The highest BCUT2D eigenvalue weighted by Crippen LogP contribution is 2.25. The molecule has 1 aliphatic rings. The largest absolute Gasteiger partial charge is 0.506 e. The maximum absolute atomic E-state index is 10.1. The first kappa shape index (κ1) is 19.8. The highest BCUT2D eigenvalue weighted by molar-refractivity contribution is 7.21. The van der Waals surface area contributed by atoms with Crippen LogP contribution < -0.4 is 0 Å². The first-order valence-corrected chi connectivity index (χ1v) is 10.6. The number of aromatic hydroxyl groups is 1. The van der Waals surface area contributed by atoms with Gasteiger partial charge >= 0.3 is 0 Å². The number of pyridine rings is 1. The third kappa shape index (κ3) is 4.24. The second-order valence-corrected chi connectivity index (χ2v) is 8.11. The molecule has 1 N–H and O–H groups in total. The number of hydrogen-bond acceptors (Lipinski definition) is 3. The van der Waals surface area contributed by atoms with Crippen molar-refractivity contribution in [3.63, 3.8) is 0 Å². The number of aryl methyl sites for hydroxylation is 1. The Labute approximate surface area is 174 Å². The minimum atomic E-state index is 0.190. The third-order valence-corrected chi connectivity index (χ3v) is 6.11. The number of likely N-dealkylation sites (tertiary alicyclic amines) is 1. The normalized spacial score (nSPS) is 15.6. The van der Waals surface area contributed by atoms with Crippen molar-refractivity contribution in [1.82, 2.24) is 9.88 Å². The van der Waals surface area contributed by atoms with Crippen molar-refractivity contribution in [3.8, 4) is 5.75 Å². The zero-order valence-corrected chi connectivity index (χ0v) is 17.9. The summed E-state index contributed by atoms with van der Waals surface area (Å²) in [5, 5.41) is 11.0. The molecule has 2 aromatic carbocycles. The van der Waals surface area contributed by atoms with E-state index in [1.807, 2.05) is 31.2 Å². The van der Waals surface area contributed by atoms with E-state index in [1.54, 1.807) is 6.07 Å². The molecule has 0 radical (unpaired) electrons. The van der Waals surface area contributed by atoms with Gasteiger partial charge in [-0.3, -0.25) is 9.89 Å². The predicted octanol–water partition coefficient (Wildman–Crippen LogP) is 5.50. The predicted molar refractivity (Wildman–Crippen MR) is 124 cm³/mol. The van der Waals surface area contributed by atoms with Crippen molar-refractivity contribution in [2.75, 3.05) is 13.1 Å². The Morgan fingerprint density at radius 1 is 1.07 bits per heavy atom. The average Bonchev–Trinajstić information content (AvgIpc) is 2.75. The number of phenols is 1. The molecule has 0 aliphatic carbocycles. The first-order valence-electron chi connectivity index (χ1n) is 10.1. The molecule has 1 aromatic heterocycles. The van der Waals surface area contributed by atoms with Crippen LogP contribution in [0.3, 0.4) is 0 Å². The molecular formula is C24H26N3OP. The minimum Gasteiger partial charge on any atom is -0.506 e. The number of benzene rings is 2. The highest BCUT2D eigenvalue weighted by Gasteiger charge is 2.15. The molecule has 2 heterocycles. The average molecular weight is 403 g/mol. The lowest BCUT2D eigenvalue weighted by molar-refractivity contribution is 0.347. The summed E-state index contributed by atoms with van der Waals surface area (Å²) in [6.07, 6.45) is 3.83. The van der Waals surface area contributed by atoms with Crippen LogP contribution in [0, 0.1) is 6.92 Å². The maximum atomic E-state index is 10.1. The fourth-order valence-corrected chi connectivity index (χ4v) is 4.18. The van der Waals surface area contributed by atoms with Gasteiger partial charge in [-0.1, -0.05) is 30.7 Å². The third-order valence-electron chi connectivity index (χ3n) is 5.50. The van der Waals surface area contributed by atoms with Crippen LogP contribution in [0.15, 0.2) is 53.5 Å². The van der Waals surface area contributed by atoms with Crippen LogP contribution in [0.4, 0.5) is 5.69 Å². The molecule has 1 aliphatic heterocycles. The van der Waals surface area contributed by atoms with Crippen LogP contribution in [0.25, 0.3) is 10.9 Å². The van der Waals surface area contributed by atoms with Gasteiger partial charge in [-0.05, 0) is 62.1 Å². The SMILES string of the molecule is CC(=Nc1ccc(C(=P)N2CCCCC2)cc1C)c1ccc2cccc(O)c2n1. The fourth-order valence-electron chi connectivity index (χ4n) is 3.80. The number of phenolic OH excluding ortho intramolecular Hbond substituents is 1. The van der Waals surface area contributed by atoms with Gasteiger partial charge in [0, 0.05) is 23.9 Å². The van der Waals surface area contributed by atoms with E-state index >= 15 is 0 Å². The van der Waals surface area contributed by atoms with E-state index in [2.05, 4.69) is 43.9 Å². The lowest BCUT2D eigenvalue weighted by Crippen LogP contribution is -2.34. The lowest BCUT2D eigenvalue weighted by atomic mass is 10.1. The summed E-state index contributed by atoms with van der Waals surface area (Å²) < 4.78 is 0. The summed E-state index contributed by atoms with van der Waals surface area (Å²) in [7, 11) is 3.85. The second kappa shape index (κ2) is 8.44. The van der Waals surface area contributed by atoms with E-state index in [0.29, 0.717) is 5.52 Å². The smallest absolute Gasteiger partial charge is 0.141 e. The quantitative estimate of drug-likeness (QED) is 0.462. The number of para-hydroxylation sites is 1. The Morgan fingerprint density at radius 3 is 2.62 bits per heavy atom. The zero-order chi connectivity index (χ0) is 20.4. The standard InChI is InChI=1S/C24H26N3OP/c1-16-15-19(24(29)27-13-4-3-5-14-27)10-11-20(16)25-17(2)21-12-9-18-7-6-8-22(28)23(18)26-21/h6-12,15,28-29H,3-5,13-14H2,1-2H3. The van der Waals surface area contributed by atoms with Crippen LogP contribution in [-0.2, 0) is 0 Å². The molecule has 0 spiro atoms. The van der Waals surface area contributed by atoms with Crippen molar-refractivity contribution < 1.29 is 5.11 Å². The molecule has 4 nitrogen and oxygen atoms in total. The van der Waals surface area contributed by atoms with E-state index in [1.165, 1.54) is 24.8 Å². The van der Waals surface area contributed by atoms with Gasteiger partial charge in [0.2, 0.25) is 0 Å². The van der Waals surface area contributed by atoms with Gasteiger partial charge < -0.3 is 5.11 Å². The molecule has 0 unspecified atom stereocenters. The molecule has 0 bridgehead atoms. The molecule has 29 heavy (non-hydrogen) atoms. The Morgan fingerprint density at radius 2 is 1.86 bits per heavy atom. The molecule has 1 saturated heterocycles. The Kier molecular flexibility index (Phi) is 5.75. The number of piperidine rings is 1. The van der Waals surface area contributed by atoms with Crippen molar-refractivity contribution in [1.29, 1.82) is 0 Å². The summed E-state index contributed by atoms with van der Waals surface area (Å²) in [4.78, 5) is 11.8. The van der Waals surface area contributed by atoms with Crippen LogP contribution in [-0.4, -0.2) is 39.2 Å². The number of rotatable bonds is 4. The summed E-state index contributed by atoms with van der Waals surface area (Å²) >= 11 is 0.